The number of rotatable bonds is 7. The summed E-state index contributed by atoms with van der Waals surface area (Å²) in [5.74, 6) is -0.749. The highest BCUT2D eigenvalue weighted by Crippen LogP contribution is 2.40. The van der Waals surface area contributed by atoms with Gasteiger partial charge in [0.25, 0.3) is 0 Å². The standard InChI is InChI=1S/C18H23FN2O2S/c1-4-21(5-2)11-14-15(12-7-9-13(19)10-8-12)16(17(20)24-14)18(22)23-6-3/h7-10H,4-6,11,20H2,1-3H3. The van der Waals surface area contributed by atoms with Crippen molar-refractivity contribution in [2.45, 2.75) is 27.3 Å². The molecule has 1 aromatic heterocycles. The summed E-state index contributed by atoms with van der Waals surface area (Å²) < 4.78 is 18.5. The van der Waals surface area contributed by atoms with Gasteiger partial charge in [-0.2, -0.15) is 0 Å². The zero-order valence-corrected chi connectivity index (χ0v) is 15.1. The van der Waals surface area contributed by atoms with Gasteiger partial charge >= 0.3 is 5.97 Å². The Morgan fingerprint density at radius 1 is 1.21 bits per heavy atom. The van der Waals surface area contributed by atoms with Gasteiger partial charge in [-0.15, -0.1) is 11.3 Å². The number of nitrogens with two attached hydrogens (primary N) is 1. The Bertz CT molecular complexity index is 694. The lowest BCUT2D eigenvalue weighted by atomic mass is 10.0. The van der Waals surface area contributed by atoms with Gasteiger partial charge in [0, 0.05) is 17.0 Å². The van der Waals surface area contributed by atoms with Crippen LogP contribution in [0.2, 0.25) is 0 Å². The van der Waals surface area contributed by atoms with E-state index in [1.807, 2.05) is 0 Å². The van der Waals surface area contributed by atoms with Crippen molar-refractivity contribution in [3.63, 3.8) is 0 Å². The summed E-state index contributed by atoms with van der Waals surface area (Å²) in [6, 6.07) is 6.12. The van der Waals surface area contributed by atoms with E-state index in [1.54, 1.807) is 19.1 Å². The van der Waals surface area contributed by atoms with Crippen molar-refractivity contribution in [2.24, 2.45) is 0 Å². The maximum atomic E-state index is 13.3. The van der Waals surface area contributed by atoms with E-state index in [9.17, 15) is 9.18 Å². The largest absolute Gasteiger partial charge is 0.462 e. The molecule has 0 aliphatic heterocycles. The second-order valence-corrected chi connectivity index (χ2v) is 6.46. The van der Waals surface area contributed by atoms with Crippen LogP contribution in [0.5, 0.6) is 0 Å². The third-order valence-corrected chi connectivity index (χ3v) is 4.89. The van der Waals surface area contributed by atoms with Crippen molar-refractivity contribution in [3.05, 3.63) is 40.5 Å². The fourth-order valence-electron chi connectivity index (χ4n) is 2.59. The molecule has 0 spiro atoms. The van der Waals surface area contributed by atoms with Gasteiger partial charge in [-0.3, -0.25) is 4.90 Å². The van der Waals surface area contributed by atoms with Crippen molar-refractivity contribution < 1.29 is 13.9 Å². The van der Waals surface area contributed by atoms with Crippen LogP contribution in [0.1, 0.15) is 36.0 Å². The van der Waals surface area contributed by atoms with Gasteiger partial charge in [0.05, 0.1) is 6.61 Å². The van der Waals surface area contributed by atoms with Gasteiger partial charge < -0.3 is 10.5 Å². The molecular weight excluding hydrogens is 327 g/mol. The molecular formula is C18H23FN2O2S. The molecule has 2 N–H and O–H groups in total. The topological polar surface area (TPSA) is 55.6 Å². The summed E-state index contributed by atoms with van der Waals surface area (Å²) in [6.45, 7) is 8.69. The number of thiophene rings is 1. The fourth-order valence-corrected chi connectivity index (χ4v) is 3.71. The third-order valence-electron chi connectivity index (χ3n) is 3.88. The molecule has 0 aliphatic rings. The fraction of sp³-hybridized carbons (Fsp3) is 0.389. The van der Waals surface area contributed by atoms with E-state index in [2.05, 4.69) is 18.7 Å². The average Bonchev–Trinajstić information content (AvgIpc) is 2.89. The van der Waals surface area contributed by atoms with Crippen LogP contribution < -0.4 is 5.73 Å². The van der Waals surface area contributed by atoms with Crippen molar-refractivity contribution in [1.82, 2.24) is 4.90 Å². The second kappa shape index (κ2) is 8.26. The third kappa shape index (κ3) is 3.94. The maximum Gasteiger partial charge on any atom is 0.341 e. The highest BCUT2D eigenvalue weighted by atomic mass is 32.1. The summed E-state index contributed by atoms with van der Waals surface area (Å²) in [5.41, 5.74) is 8.03. The normalized spacial score (nSPS) is 11.0. The number of anilines is 1. The van der Waals surface area contributed by atoms with E-state index >= 15 is 0 Å². The molecule has 0 radical (unpaired) electrons. The average molecular weight is 350 g/mol. The number of carbonyl (C=O) groups excluding carboxylic acids is 1. The number of nitrogen functional groups attached to an aromatic ring is 1. The Balaban J connectivity index is 2.56. The summed E-state index contributed by atoms with van der Waals surface area (Å²) in [5, 5.41) is 0.440. The van der Waals surface area contributed by atoms with Gasteiger partial charge in [-0.25, -0.2) is 9.18 Å². The van der Waals surface area contributed by atoms with E-state index in [0.29, 0.717) is 17.1 Å². The van der Waals surface area contributed by atoms with Crippen LogP contribution >= 0.6 is 11.3 Å². The Kier molecular flexibility index (Phi) is 6.34. The number of ether oxygens (including phenoxy) is 1. The van der Waals surface area contributed by atoms with Crippen molar-refractivity contribution in [2.75, 3.05) is 25.4 Å². The SMILES string of the molecule is CCOC(=O)c1c(N)sc(CN(CC)CC)c1-c1ccc(F)cc1. The van der Waals surface area contributed by atoms with Crippen LogP contribution in [-0.4, -0.2) is 30.6 Å². The number of hydrogen-bond donors (Lipinski definition) is 1. The quantitative estimate of drug-likeness (QED) is 0.762. The summed E-state index contributed by atoms with van der Waals surface area (Å²) in [7, 11) is 0. The van der Waals surface area contributed by atoms with E-state index in [1.165, 1.54) is 23.5 Å². The molecule has 0 fully saturated rings. The second-order valence-electron chi connectivity index (χ2n) is 5.33. The van der Waals surface area contributed by atoms with E-state index in [4.69, 9.17) is 10.5 Å². The molecule has 0 bridgehead atoms. The monoisotopic (exact) mass is 350 g/mol. The molecule has 0 saturated carbocycles. The van der Waals surface area contributed by atoms with Crippen LogP contribution in [-0.2, 0) is 11.3 Å². The first-order valence-electron chi connectivity index (χ1n) is 8.08. The lowest BCUT2D eigenvalue weighted by molar-refractivity contribution is 0.0529. The van der Waals surface area contributed by atoms with E-state index in [0.717, 1.165) is 29.1 Å². The molecule has 2 aromatic rings. The van der Waals surface area contributed by atoms with Crippen LogP contribution in [0.4, 0.5) is 9.39 Å². The van der Waals surface area contributed by atoms with Crippen LogP contribution in [0.3, 0.4) is 0 Å². The number of esters is 1. The summed E-state index contributed by atoms with van der Waals surface area (Å²) in [6.07, 6.45) is 0. The van der Waals surface area contributed by atoms with Crippen molar-refractivity contribution in [3.8, 4) is 11.1 Å². The molecule has 4 nitrogen and oxygen atoms in total. The van der Waals surface area contributed by atoms with E-state index in [-0.39, 0.29) is 12.4 Å². The van der Waals surface area contributed by atoms with Gasteiger partial charge in [-0.05, 0) is 37.7 Å². The number of nitrogens with zero attached hydrogens (tertiary/aromatic N) is 1. The molecule has 0 aliphatic carbocycles. The summed E-state index contributed by atoms with van der Waals surface area (Å²) >= 11 is 1.39. The maximum absolute atomic E-state index is 13.3. The number of hydrogen-bond acceptors (Lipinski definition) is 5. The van der Waals surface area contributed by atoms with Crippen molar-refractivity contribution in [1.29, 1.82) is 0 Å². The predicted octanol–water partition coefficient (Wildman–Crippen LogP) is 4.15. The molecule has 130 valence electrons. The van der Waals surface area contributed by atoms with E-state index < -0.39 is 5.97 Å². The lowest BCUT2D eigenvalue weighted by Crippen LogP contribution is -2.22. The molecule has 6 heteroatoms. The Labute approximate surface area is 146 Å². The Morgan fingerprint density at radius 2 is 1.83 bits per heavy atom. The molecule has 24 heavy (non-hydrogen) atoms. The smallest absolute Gasteiger partial charge is 0.341 e. The van der Waals surface area contributed by atoms with Gasteiger partial charge in [0.2, 0.25) is 0 Å². The minimum atomic E-state index is -0.434. The number of benzene rings is 1. The molecule has 1 heterocycles. The number of carbonyl (C=O) groups is 1. The highest BCUT2D eigenvalue weighted by Gasteiger charge is 2.25. The number of halogens is 1. The predicted molar refractivity (Wildman–Crippen MR) is 96.7 cm³/mol. The minimum Gasteiger partial charge on any atom is -0.462 e. The zero-order chi connectivity index (χ0) is 17.7. The highest BCUT2D eigenvalue weighted by molar-refractivity contribution is 7.17. The molecule has 0 unspecified atom stereocenters. The summed E-state index contributed by atoms with van der Waals surface area (Å²) in [4.78, 5) is 15.6. The molecule has 2 rings (SSSR count). The van der Waals surface area contributed by atoms with Crippen molar-refractivity contribution >= 4 is 22.3 Å². The first kappa shape index (κ1) is 18.4. The van der Waals surface area contributed by atoms with Gasteiger partial charge in [-0.1, -0.05) is 26.0 Å². The van der Waals surface area contributed by atoms with Crippen LogP contribution in [0, 0.1) is 5.82 Å². The molecule has 0 saturated heterocycles. The van der Waals surface area contributed by atoms with Gasteiger partial charge in [0.15, 0.2) is 0 Å². The first-order chi connectivity index (χ1) is 11.5. The molecule has 0 amide bonds. The Morgan fingerprint density at radius 3 is 2.38 bits per heavy atom. The minimum absolute atomic E-state index is 0.280. The van der Waals surface area contributed by atoms with Crippen LogP contribution in [0.25, 0.3) is 11.1 Å². The zero-order valence-electron chi connectivity index (χ0n) is 14.3. The van der Waals surface area contributed by atoms with Crippen LogP contribution in [0.15, 0.2) is 24.3 Å². The van der Waals surface area contributed by atoms with Gasteiger partial charge in [0.1, 0.15) is 16.4 Å². The Hall–Kier alpha value is -1.92. The molecule has 0 atom stereocenters. The lowest BCUT2D eigenvalue weighted by Gasteiger charge is -2.18. The first-order valence-corrected chi connectivity index (χ1v) is 8.89. The molecule has 1 aromatic carbocycles.